The minimum absolute atomic E-state index is 0.0648. The molecule has 2 aliphatic rings. The molecule has 2 bridgehead atoms. The quantitative estimate of drug-likeness (QED) is 0.843. The van der Waals surface area contributed by atoms with Crippen molar-refractivity contribution in [3.8, 4) is 5.75 Å². The number of hydrogen-bond donors (Lipinski definition) is 1. The molecule has 114 valence electrons. The molecular weight excluding hydrogens is 331 g/mol. The van der Waals surface area contributed by atoms with E-state index in [4.69, 9.17) is 28.6 Å². The molecule has 2 atom stereocenters. The van der Waals surface area contributed by atoms with Gasteiger partial charge in [0.15, 0.2) is 22.4 Å². The summed E-state index contributed by atoms with van der Waals surface area (Å²) in [6.45, 7) is 2.73. The number of nitrogens with one attached hydrogen (secondary N) is 1. The Bertz CT molecular complexity index is 601. The SMILES string of the molecule is CSCCN1C(=S)NC2CC1(C)Oc1c(F)cc(Cl)cc12. The van der Waals surface area contributed by atoms with E-state index in [0.717, 1.165) is 17.9 Å². The van der Waals surface area contributed by atoms with Gasteiger partial charge in [-0.05, 0) is 37.5 Å². The highest BCUT2D eigenvalue weighted by molar-refractivity contribution is 7.98. The third-order valence-electron chi connectivity index (χ3n) is 3.95. The molecule has 1 N–H and O–H groups in total. The van der Waals surface area contributed by atoms with Crippen molar-refractivity contribution < 1.29 is 9.13 Å². The number of halogens is 2. The number of rotatable bonds is 3. The average molecular weight is 347 g/mol. The van der Waals surface area contributed by atoms with Crippen LogP contribution in [0.2, 0.25) is 5.02 Å². The summed E-state index contributed by atoms with van der Waals surface area (Å²) in [6, 6.07) is 2.97. The summed E-state index contributed by atoms with van der Waals surface area (Å²) >= 11 is 13.2. The molecule has 1 fully saturated rings. The lowest BCUT2D eigenvalue weighted by Crippen LogP contribution is -2.65. The Hall–Kier alpha value is -0.720. The molecule has 21 heavy (non-hydrogen) atoms. The molecule has 0 spiro atoms. The van der Waals surface area contributed by atoms with Crippen LogP contribution in [0.15, 0.2) is 12.1 Å². The Labute approximate surface area is 138 Å². The number of hydrogen-bond acceptors (Lipinski definition) is 3. The van der Waals surface area contributed by atoms with Crippen LogP contribution in [0.25, 0.3) is 0 Å². The topological polar surface area (TPSA) is 24.5 Å². The Morgan fingerprint density at radius 1 is 1.62 bits per heavy atom. The van der Waals surface area contributed by atoms with Crippen molar-refractivity contribution in [1.82, 2.24) is 10.2 Å². The Morgan fingerprint density at radius 3 is 3.10 bits per heavy atom. The second-order valence-electron chi connectivity index (χ2n) is 5.43. The number of ether oxygens (including phenoxy) is 1. The highest BCUT2D eigenvalue weighted by atomic mass is 35.5. The fourth-order valence-corrected chi connectivity index (χ4v) is 3.96. The molecule has 2 unspecified atom stereocenters. The molecule has 0 radical (unpaired) electrons. The fourth-order valence-electron chi connectivity index (χ4n) is 2.95. The van der Waals surface area contributed by atoms with Crippen LogP contribution >= 0.6 is 35.6 Å². The second kappa shape index (κ2) is 5.48. The summed E-state index contributed by atoms with van der Waals surface area (Å²) in [4.78, 5) is 2.01. The molecule has 7 heteroatoms. The minimum atomic E-state index is -0.621. The molecule has 0 aliphatic carbocycles. The Kier molecular flexibility index (Phi) is 3.96. The summed E-state index contributed by atoms with van der Waals surface area (Å²) in [7, 11) is 0. The Morgan fingerprint density at radius 2 is 2.38 bits per heavy atom. The van der Waals surface area contributed by atoms with Gasteiger partial charge in [-0.1, -0.05) is 11.6 Å². The fraction of sp³-hybridized carbons (Fsp3) is 0.500. The molecule has 3 nitrogen and oxygen atoms in total. The van der Waals surface area contributed by atoms with Crippen LogP contribution in [-0.2, 0) is 0 Å². The predicted octanol–water partition coefficient (Wildman–Crippen LogP) is 3.57. The minimum Gasteiger partial charge on any atom is -0.465 e. The van der Waals surface area contributed by atoms with E-state index in [1.807, 2.05) is 18.1 Å². The smallest absolute Gasteiger partial charge is 0.184 e. The number of benzene rings is 1. The van der Waals surface area contributed by atoms with Gasteiger partial charge in [0, 0.05) is 29.3 Å². The molecular formula is C14H16ClFN2OS2. The number of fused-ring (bicyclic) bond motifs is 4. The highest BCUT2D eigenvalue weighted by Gasteiger charge is 2.48. The van der Waals surface area contributed by atoms with Crippen molar-refractivity contribution in [3.05, 3.63) is 28.5 Å². The molecule has 2 aliphatic heterocycles. The standard InChI is InChI=1S/C14H16ClFN2OS2/c1-14-7-11(17-13(20)18(14)3-4-21-2)9-5-8(15)6-10(16)12(9)19-14/h5-6,11H,3-4,7H2,1-2H3,(H,17,20). The molecule has 1 aromatic rings. The van der Waals surface area contributed by atoms with Gasteiger partial charge in [0.1, 0.15) is 0 Å². The van der Waals surface area contributed by atoms with Gasteiger partial charge < -0.3 is 15.0 Å². The lowest BCUT2D eigenvalue weighted by atomic mass is 9.90. The van der Waals surface area contributed by atoms with Crippen LogP contribution in [0.5, 0.6) is 5.75 Å². The van der Waals surface area contributed by atoms with Crippen molar-refractivity contribution in [3.63, 3.8) is 0 Å². The van der Waals surface area contributed by atoms with Crippen molar-refractivity contribution in [1.29, 1.82) is 0 Å². The number of thioether (sulfide) groups is 1. The van der Waals surface area contributed by atoms with E-state index in [9.17, 15) is 4.39 Å². The van der Waals surface area contributed by atoms with Crippen LogP contribution in [0.4, 0.5) is 4.39 Å². The van der Waals surface area contributed by atoms with E-state index in [1.165, 1.54) is 6.07 Å². The summed E-state index contributed by atoms with van der Waals surface area (Å²) in [5, 5.41) is 4.30. The van der Waals surface area contributed by atoms with Crippen molar-refractivity contribution >= 4 is 40.7 Å². The van der Waals surface area contributed by atoms with E-state index in [-0.39, 0.29) is 11.8 Å². The van der Waals surface area contributed by atoms with Gasteiger partial charge in [-0.3, -0.25) is 0 Å². The predicted molar refractivity (Wildman–Crippen MR) is 88.6 cm³/mol. The van der Waals surface area contributed by atoms with E-state index in [0.29, 0.717) is 16.6 Å². The van der Waals surface area contributed by atoms with E-state index >= 15 is 0 Å². The number of nitrogens with zero attached hydrogens (tertiary/aromatic N) is 1. The first kappa shape index (κ1) is 15.2. The van der Waals surface area contributed by atoms with Crippen molar-refractivity contribution in [2.24, 2.45) is 0 Å². The molecule has 1 aromatic carbocycles. The van der Waals surface area contributed by atoms with Crippen molar-refractivity contribution in [2.45, 2.75) is 25.1 Å². The van der Waals surface area contributed by atoms with Gasteiger partial charge in [0.2, 0.25) is 0 Å². The summed E-state index contributed by atoms with van der Waals surface area (Å²) in [5.41, 5.74) is 0.119. The first-order valence-corrected chi connectivity index (χ1v) is 8.87. The van der Waals surface area contributed by atoms with Crippen LogP contribution in [0.3, 0.4) is 0 Å². The third kappa shape index (κ3) is 2.58. The highest BCUT2D eigenvalue weighted by Crippen LogP contribution is 2.46. The largest absolute Gasteiger partial charge is 0.465 e. The van der Waals surface area contributed by atoms with E-state index in [2.05, 4.69) is 5.32 Å². The summed E-state index contributed by atoms with van der Waals surface area (Å²) in [5.74, 6) is 0.789. The molecule has 0 aromatic heterocycles. The zero-order valence-electron chi connectivity index (χ0n) is 11.8. The summed E-state index contributed by atoms with van der Waals surface area (Å²) in [6.07, 6.45) is 2.75. The number of thiocarbonyl (C=S) groups is 1. The van der Waals surface area contributed by atoms with Crippen LogP contribution in [-0.4, -0.2) is 34.3 Å². The average Bonchev–Trinajstić information content (AvgIpc) is 2.40. The Balaban J connectivity index is 2.01. The normalized spacial score (nSPS) is 27.0. The first-order chi connectivity index (χ1) is 9.94. The zero-order valence-corrected chi connectivity index (χ0v) is 14.2. The van der Waals surface area contributed by atoms with Crippen LogP contribution in [0, 0.1) is 5.82 Å². The van der Waals surface area contributed by atoms with Gasteiger partial charge in [0.25, 0.3) is 0 Å². The van der Waals surface area contributed by atoms with E-state index < -0.39 is 11.5 Å². The van der Waals surface area contributed by atoms with E-state index in [1.54, 1.807) is 17.8 Å². The maximum atomic E-state index is 14.2. The third-order valence-corrected chi connectivity index (χ3v) is 5.10. The van der Waals surface area contributed by atoms with Gasteiger partial charge in [-0.2, -0.15) is 11.8 Å². The van der Waals surface area contributed by atoms with Gasteiger partial charge in [-0.15, -0.1) is 0 Å². The lowest BCUT2D eigenvalue weighted by molar-refractivity contribution is -0.0680. The van der Waals surface area contributed by atoms with Crippen molar-refractivity contribution in [2.75, 3.05) is 18.6 Å². The van der Waals surface area contributed by atoms with Gasteiger partial charge in [-0.25, -0.2) is 4.39 Å². The second-order valence-corrected chi connectivity index (χ2v) is 7.24. The molecule has 1 saturated heterocycles. The van der Waals surface area contributed by atoms with Gasteiger partial charge in [0.05, 0.1) is 6.04 Å². The zero-order chi connectivity index (χ0) is 15.2. The lowest BCUT2D eigenvalue weighted by Gasteiger charge is -2.52. The first-order valence-electron chi connectivity index (χ1n) is 6.69. The molecule has 3 rings (SSSR count). The van der Waals surface area contributed by atoms with Crippen LogP contribution in [0.1, 0.15) is 24.9 Å². The molecule has 0 amide bonds. The molecule has 2 heterocycles. The molecule has 0 saturated carbocycles. The van der Waals surface area contributed by atoms with Crippen LogP contribution < -0.4 is 10.1 Å². The maximum absolute atomic E-state index is 14.2. The monoisotopic (exact) mass is 346 g/mol. The maximum Gasteiger partial charge on any atom is 0.184 e. The summed E-state index contributed by atoms with van der Waals surface area (Å²) < 4.78 is 20.2. The van der Waals surface area contributed by atoms with Gasteiger partial charge >= 0.3 is 0 Å².